The highest BCUT2D eigenvalue weighted by molar-refractivity contribution is 7.92. The Morgan fingerprint density at radius 2 is 1.90 bits per heavy atom. The van der Waals surface area contributed by atoms with Gasteiger partial charge in [-0.05, 0) is 48.6 Å². The Morgan fingerprint density at radius 3 is 2.48 bits per heavy atom. The van der Waals surface area contributed by atoms with Crippen LogP contribution in [0.25, 0.3) is 21.9 Å². The summed E-state index contributed by atoms with van der Waals surface area (Å²) in [5.74, 6) is -2.04. The molecule has 0 aliphatic heterocycles. The van der Waals surface area contributed by atoms with Crippen LogP contribution in [0.2, 0.25) is 0 Å². The number of benzene rings is 2. The monoisotopic (exact) mass is 445 g/mol. The number of aldehydes is 1. The summed E-state index contributed by atoms with van der Waals surface area (Å²) in [6.07, 6.45) is 2.57. The quantitative estimate of drug-likeness (QED) is 0.560. The third kappa shape index (κ3) is 4.13. The number of carbonyl (C=O) groups excluding carboxylic acids is 1. The van der Waals surface area contributed by atoms with Gasteiger partial charge in [-0.25, -0.2) is 12.8 Å². The predicted molar refractivity (Wildman–Crippen MR) is 114 cm³/mol. The van der Waals surface area contributed by atoms with Crippen LogP contribution in [0.1, 0.15) is 23.7 Å². The highest BCUT2D eigenvalue weighted by Gasteiger charge is 2.43. The summed E-state index contributed by atoms with van der Waals surface area (Å²) in [5.41, 5.74) is 0.603. The smallest absolute Gasteiger partial charge is 0.324 e. The normalized spacial score (nSPS) is 13.6. The fourth-order valence-electron chi connectivity index (χ4n) is 3.26. The first-order valence-electron chi connectivity index (χ1n) is 9.29. The summed E-state index contributed by atoms with van der Waals surface area (Å²) in [4.78, 5) is 35.1. The third-order valence-corrected chi connectivity index (χ3v) is 7.53. The fraction of sp³-hybridized carbons (Fsp3) is 0.227. The van der Waals surface area contributed by atoms with Crippen molar-refractivity contribution in [3.8, 4) is 11.1 Å². The van der Waals surface area contributed by atoms with E-state index < -0.39 is 31.9 Å². The van der Waals surface area contributed by atoms with E-state index >= 15 is 0 Å². The number of halogens is 1. The lowest BCUT2D eigenvalue weighted by Crippen LogP contribution is -2.44. The number of aryl methyl sites for hydroxylation is 1. The molecule has 1 unspecified atom stereocenters. The van der Waals surface area contributed by atoms with Crippen molar-refractivity contribution in [2.24, 2.45) is 0 Å². The van der Waals surface area contributed by atoms with E-state index in [1.165, 1.54) is 29.0 Å². The number of hydrogen-bond donors (Lipinski definition) is 1. The molecule has 0 radical (unpaired) electrons. The van der Waals surface area contributed by atoms with Crippen LogP contribution in [0.5, 0.6) is 0 Å². The average Bonchev–Trinajstić information content (AvgIpc) is 2.71. The molecule has 3 aromatic rings. The fourth-order valence-corrected chi connectivity index (χ4v) is 4.03. The van der Waals surface area contributed by atoms with Crippen molar-refractivity contribution in [2.75, 3.05) is 6.26 Å². The molecule has 0 aliphatic carbocycles. The van der Waals surface area contributed by atoms with Crippen molar-refractivity contribution in [1.29, 1.82) is 0 Å². The predicted octanol–water partition coefficient (Wildman–Crippen LogP) is 2.90. The van der Waals surface area contributed by atoms with Crippen molar-refractivity contribution in [1.82, 2.24) is 4.57 Å². The molecule has 3 rings (SSSR count). The standard InChI is InChI=1S/C22H20FNO6S/c1-22(21(27)28,31(2,29)30)8-10-24-9-7-16-12-15(4-6-18(16)20(24)26)17-5-3-14(13-25)11-19(17)23/h3-7,9,11-13H,8,10H2,1-2H3,(H,27,28). The van der Waals surface area contributed by atoms with E-state index in [4.69, 9.17) is 0 Å². The third-order valence-electron chi connectivity index (χ3n) is 5.52. The van der Waals surface area contributed by atoms with Crippen LogP contribution in [-0.2, 0) is 21.2 Å². The molecular formula is C22H20FNO6S. The Kier molecular flexibility index (Phi) is 5.82. The van der Waals surface area contributed by atoms with Crippen LogP contribution < -0.4 is 5.56 Å². The molecule has 0 fully saturated rings. The number of hydrogen-bond acceptors (Lipinski definition) is 5. The number of carboxylic acid groups (broad SMARTS) is 1. The highest BCUT2D eigenvalue weighted by Crippen LogP contribution is 2.27. The number of carbonyl (C=O) groups is 2. The van der Waals surface area contributed by atoms with Crippen molar-refractivity contribution in [3.05, 3.63) is 70.4 Å². The largest absolute Gasteiger partial charge is 0.480 e. The molecule has 7 nitrogen and oxygen atoms in total. The summed E-state index contributed by atoms with van der Waals surface area (Å²) in [5, 5.41) is 10.2. The highest BCUT2D eigenvalue weighted by atomic mass is 32.2. The Bertz CT molecular complexity index is 1360. The van der Waals surface area contributed by atoms with Gasteiger partial charge >= 0.3 is 5.97 Å². The molecular weight excluding hydrogens is 425 g/mol. The number of sulfone groups is 1. The van der Waals surface area contributed by atoms with E-state index in [0.29, 0.717) is 22.6 Å². The summed E-state index contributed by atoms with van der Waals surface area (Å²) >= 11 is 0. The van der Waals surface area contributed by atoms with E-state index in [1.807, 2.05) is 0 Å². The van der Waals surface area contributed by atoms with Gasteiger partial charge in [0.15, 0.2) is 14.6 Å². The maximum Gasteiger partial charge on any atom is 0.324 e. The molecule has 1 aromatic heterocycles. The van der Waals surface area contributed by atoms with Crippen LogP contribution in [0.4, 0.5) is 4.39 Å². The Balaban J connectivity index is 1.97. The maximum atomic E-state index is 14.3. The van der Waals surface area contributed by atoms with Gasteiger partial charge in [-0.3, -0.25) is 14.4 Å². The average molecular weight is 445 g/mol. The van der Waals surface area contributed by atoms with Gasteiger partial charge in [0.1, 0.15) is 12.1 Å². The molecule has 162 valence electrons. The van der Waals surface area contributed by atoms with Gasteiger partial charge in [-0.1, -0.05) is 18.2 Å². The molecule has 0 bridgehead atoms. The van der Waals surface area contributed by atoms with Crippen LogP contribution in [0.3, 0.4) is 0 Å². The molecule has 0 spiro atoms. The number of pyridine rings is 1. The molecule has 2 aromatic carbocycles. The van der Waals surface area contributed by atoms with Gasteiger partial charge in [0, 0.05) is 35.5 Å². The van der Waals surface area contributed by atoms with E-state index in [1.54, 1.807) is 18.2 Å². The molecule has 1 atom stereocenters. The SMILES string of the molecule is CC(CCn1ccc2cc(-c3ccc(C=O)cc3F)ccc2c1=O)(C(=O)O)S(C)(=O)=O. The molecule has 0 amide bonds. The lowest BCUT2D eigenvalue weighted by Gasteiger charge is -2.23. The zero-order valence-corrected chi connectivity index (χ0v) is 17.6. The summed E-state index contributed by atoms with van der Waals surface area (Å²) < 4.78 is 37.4. The van der Waals surface area contributed by atoms with Gasteiger partial charge in [0.05, 0.1) is 0 Å². The van der Waals surface area contributed by atoms with E-state index in [-0.39, 0.29) is 24.1 Å². The summed E-state index contributed by atoms with van der Waals surface area (Å²) in [6, 6.07) is 10.5. The van der Waals surface area contributed by atoms with E-state index in [9.17, 15) is 32.3 Å². The van der Waals surface area contributed by atoms with E-state index in [0.717, 1.165) is 19.2 Å². The minimum atomic E-state index is -3.91. The Morgan fingerprint density at radius 1 is 1.19 bits per heavy atom. The molecule has 1 N–H and O–H groups in total. The summed E-state index contributed by atoms with van der Waals surface area (Å²) in [7, 11) is -3.91. The van der Waals surface area contributed by atoms with Gasteiger partial charge in [0.2, 0.25) is 0 Å². The van der Waals surface area contributed by atoms with Gasteiger partial charge in [-0.15, -0.1) is 0 Å². The number of rotatable bonds is 7. The van der Waals surface area contributed by atoms with Gasteiger partial charge in [0.25, 0.3) is 5.56 Å². The maximum absolute atomic E-state index is 14.3. The zero-order chi connectivity index (χ0) is 23.0. The number of carboxylic acids is 1. The number of fused-ring (bicyclic) bond motifs is 1. The van der Waals surface area contributed by atoms with Gasteiger partial charge < -0.3 is 9.67 Å². The van der Waals surface area contributed by atoms with Crippen molar-refractivity contribution < 1.29 is 27.5 Å². The first-order valence-corrected chi connectivity index (χ1v) is 11.2. The minimum absolute atomic E-state index is 0.103. The topological polar surface area (TPSA) is 111 Å². The van der Waals surface area contributed by atoms with Crippen molar-refractivity contribution >= 4 is 32.9 Å². The molecule has 0 saturated heterocycles. The van der Waals surface area contributed by atoms with Crippen molar-refractivity contribution in [3.63, 3.8) is 0 Å². The van der Waals surface area contributed by atoms with Crippen LogP contribution in [-0.4, -0.2) is 41.3 Å². The van der Waals surface area contributed by atoms with E-state index in [2.05, 4.69) is 0 Å². The second-order valence-electron chi connectivity index (χ2n) is 7.53. The Hall–Kier alpha value is -3.33. The lowest BCUT2D eigenvalue weighted by molar-refractivity contribution is -0.139. The molecule has 9 heteroatoms. The van der Waals surface area contributed by atoms with Crippen LogP contribution in [0, 0.1) is 5.82 Å². The summed E-state index contributed by atoms with van der Waals surface area (Å²) in [6.45, 7) is 1.02. The molecule has 31 heavy (non-hydrogen) atoms. The van der Waals surface area contributed by atoms with Gasteiger partial charge in [-0.2, -0.15) is 0 Å². The minimum Gasteiger partial charge on any atom is -0.480 e. The molecule has 0 aliphatic rings. The Labute approximate surface area is 177 Å². The second-order valence-corrected chi connectivity index (χ2v) is 9.98. The first-order chi connectivity index (χ1) is 14.5. The lowest BCUT2D eigenvalue weighted by atomic mass is 10.0. The first kappa shape index (κ1) is 22.4. The molecule has 1 heterocycles. The van der Waals surface area contributed by atoms with Crippen molar-refractivity contribution in [2.45, 2.75) is 24.6 Å². The zero-order valence-electron chi connectivity index (χ0n) is 16.8. The molecule has 0 saturated carbocycles. The second kappa shape index (κ2) is 8.07. The number of aliphatic carboxylic acids is 1. The van der Waals surface area contributed by atoms with Crippen LogP contribution >= 0.6 is 0 Å². The number of aromatic nitrogens is 1. The number of nitrogens with zero attached hydrogens (tertiary/aromatic N) is 1. The van der Waals surface area contributed by atoms with Crippen LogP contribution in [0.15, 0.2) is 53.5 Å².